The van der Waals surface area contributed by atoms with E-state index < -0.39 is 0 Å². The number of aromatic nitrogens is 1. The molecule has 2 rings (SSSR count). The number of hydrogen-bond donors (Lipinski definition) is 0. The second-order valence-electron chi connectivity index (χ2n) is 5.60. The van der Waals surface area contributed by atoms with Gasteiger partial charge in [0.05, 0.1) is 6.17 Å². The molecule has 0 aliphatic carbocycles. The Balaban J connectivity index is 0.000000235. The third-order valence-corrected chi connectivity index (χ3v) is 3.97. The van der Waals surface area contributed by atoms with E-state index in [4.69, 9.17) is 0 Å². The van der Waals surface area contributed by atoms with Crippen molar-refractivity contribution < 1.29 is 4.57 Å². The molecule has 0 amide bonds. The minimum atomic E-state index is 0.557. The van der Waals surface area contributed by atoms with E-state index in [1.165, 1.54) is 32.2 Å². The largest absolute Gasteiger partial charge is 0.359 e. The van der Waals surface area contributed by atoms with Crippen LogP contribution < -0.4 is 4.57 Å². The lowest BCUT2D eigenvalue weighted by molar-refractivity contribution is -0.693. The molecule has 118 valence electrons. The maximum atomic E-state index is 2.41. The molecule has 1 atom stereocenters. The molecule has 1 unspecified atom stereocenters. The topological polar surface area (TPSA) is 10.4 Å². The second-order valence-corrected chi connectivity index (χ2v) is 5.60. The van der Waals surface area contributed by atoms with Gasteiger partial charge in [-0.25, -0.2) is 4.57 Å². The van der Waals surface area contributed by atoms with Gasteiger partial charge in [0.1, 0.15) is 6.54 Å². The molecule has 2 heterocycles. The van der Waals surface area contributed by atoms with Crippen molar-refractivity contribution in [2.45, 2.75) is 59.2 Å². The van der Waals surface area contributed by atoms with Crippen LogP contribution in [0.1, 0.15) is 46.5 Å². The van der Waals surface area contributed by atoms with Crippen molar-refractivity contribution in [2.24, 2.45) is 0 Å². The van der Waals surface area contributed by atoms with Crippen LogP contribution in [0.25, 0.3) is 0 Å². The second kappa shape index (κ2) is 10.3. The maximum Gasteiger partial charge on any atom is 0.168 e. The van der Waals surface area contributed by atoms with Gasteiger partial charge >= 0.3 is 0 Å². The van der Waals surface area contributed by atoms with Crippen LogP contribution in [0.15, 0.2) is 43.0 Å². The van der Waals surface area contributed by atoms with E-state index >= 15 is 0 Å². The first-order valence-corrected chi connectivity index (χ1v) is 8.29. The van der Waals surface area contributed by atoms with Gasteiger partial charge in [-0.3, -0.25) is 0 Å². The molecule has 3 nitrogen and oxygen atoms in total. The van der Waals surface area contributed by atoms with Gasteiger partial charge in [0, 0.05) is 38.1 Å². The highest BCUT2D eigenvalue weighted by Gasteiger charge is 2.16. The lowest BCUT2D eigenvalue weighted by atomic mass is 10.2. The summed E-state index contributed by atoms with van der Waals surface area (Å²) in [6.07, 6.45) is 14.4. The molecule has 0 saturated heterocycles. The summed E-state index contributed by atoms with van der Waals surface area (Å²) >= 11 is 0. The predicted octanol–water partition coefficient (Wildman–Crippen LogP) is 3.63. The summed E-state index contributed by atoms with van der Waals surface area (Å²) in [5.74, 6) is 0. The molecule has 1 aliphatic heterocycles. The van der Waals surface area contributed by atoms with Crippen LogP contribution in [-0.2, 0) is 6.54 Å². The number of aryl methyl sites for hydroxylation is 1. The third-order valence-electron chi connectivity index (χ3n) is 3.97. The summed E-state index contributed by atoms with van der Waals surface area (Å²) in [5.41, 5.74) is 0. The van der Waals surface area contributed by atoms with E-state index in [-0.39, 0.29) is 0 Å². The Kier molecular flexibility index (Phi) is 8.56. The SMILES string of the molecule is CCCCCCN1C=CN(C)C1C.CC[n+]1ccccc1. The van der Waals surface area contributed by atoms with Gasteiger partial charge in [-0.05, 0) is 20.3 Å². The number of unbranched alkanes of at least 4 members (excludes halogenated alkanes) is 3. The fraction of sp³-hybridized carbons (Fsp3) is 0.611. The molecule has 0 saturated carbocycles. The third kappa shape index (κ3) is 6.65. The predicted molar refractivity (Wildman–Crippen MR) is 89.5 cm³/mol. The highest BCUT2D eigenvalue weighted by Crippen LogP contribution is 2.14. The van der Waals surface area contributed by atoms with Crippen molar-refractivity contribution in [2.75, 3.05) is 13.6 Å². The summed E-state index contributed by atoms with van der Waals surface area (Å²) in [7, 11) is 2.13. The number of hydrogen-bond acceptors (Lipinski definition) is 2. The van der Waals surface area contributed by atoms with E-state index in [1.54, 1.807) is 0 Å². The van der Waals surface area contributed by atoms with Crippen molar-refractivity contribution in [1.29, 1.82) is 0 Å². The number of rotatable bonds is 6. The van der Waals surface area contributed by atoms with Crippen molar-refractivity contribution in [3.63, 3.8) is 0 Å². The van der Waals surface area contributed by atoms with Crippen molar-refractivity contribution in [1.82, 2.24) is 9.80 Å². The average Bonchev–Trinajstić information content (AvgIpc) is 2.85. The van der Waals surface area contributed by atoms with Crippen LogP contribution in [-0.4, -0.2) is 29.6 Å². The molecule has 1 aromatic rings. The van der Waals surface area contributed by atoms with E-state index in [0.29, 0.717) is 6.17 Å². The van der Waals surface area contributed by atoms with Gasteiger partial charge in [0.25, 0.3) is 0 Å². The number of nitrogens with zero attached hydrogens (tertiary/aromatic N) is 3. The summed E-state index contributed by atoms with van der Waals surface area (Å²) in [6, 6.07) is 6.08. The minimum absolute atomic E-state index is 0.557. The van der Waals surface area contributed by atoms with E-state index in [1.807, 2.05) is 18.2 Å². The highest BCUT2D eigenvalue weighted by atomic mass is 15.4. The Bertz CT molecular complexity index is 389. The molecule has 0 spiro atoms. The normalized spacial score (nSPS) is 16.9. The van der Waals surface area contributed by atoms with Crippen LogP contribution in [0.3, 0.4) is 0 Å². The summed E-state index contributed by atoms with van der Waals surface area (Å²) in [4.78, 5) is 4.66. The molecule has 0 bridgehead atoms. The zero-order chi connectivity index (χ0) is 15.5. The Morgan fingerprint density at radius 1 is 0.952 bits per heavy atom. The average molecular weight is 290 g/mol. The fourth-order valence-corrected chi connectivity index (χ4v) is 2.30. The molecular weight excluding hydrogens is 258 g/mol. The Morgan fingerprint density at radius 3 is 2.14 bits per heavy atom. The smallest absolute Gasteiger partial charge is 0.168 e. The van der Waals surface area contributed by atoms with E-state index in [9.17, 15) is 0 Å². The van der Waals surface area contributed by atoms with Crippen LogP contribution >= 0.6 is 0 Å². The molecular formula is C18H32N3+. The van der Waals surface area contributed by atoms with Gasteiger partial charge in [-0.2, -0.15) is 0 Å². The number of pyridine rings is 1. The summed E-state index contributed by atoms with van der Waals surface area (Å²) in [5, 5.41) is 0. The van der Waals surface area contributed by atoms with Crippen molar-refractivity contribution >= 4 is 0 Å². The van der Waals surface area contributed by atoms with Crippen LogP contribution in [0.4, 0.5) is 0 Å². The molecule has 1 aromatic heterocycles. The Labute approximate surface area is 130 Å². The standard InChI is InChI=1S/C11H22N2.C7H10N/c1-4-5-6-7-8-13-10-9-12(3)11(13)2;1-2-8-6-4-3-5-7-8/h9-11H,4-8H2,1-3H3;3-7H,2H2,1H3/q;+1. The molecule has 21 heavy (non-hydrogen) atoms. The van der Waals surface area contributed by atoms with Crippen LogP contribution in [0.2, 0.25) is 0 Å². The molecule has 0 fully saturated rings. The van der Waals surface area contributed by atoms with Crippen molar-refractivity contribution in [3.8, 4) is 0 Å². The van der Waals surface area contributed by atoms with Crippen LogP contribution in [0.5, 0.6) is 0 Å². The maximum absolute atomic E-state index is 2.41. The van der Waals surface area contributed by atoms with Gasteiger partial charge < -0.3 is 9.80 Å². The monoisotopic (exact) mass is 290 g/mol. The Morgan fingerprint density at radius 2 is 1.67 bits per heavy atom. The highest BCUT2D eigenvalue weighted by molar-refractivity contribution is 4.93. The minimum Gasteiger partial charge on any atom is -0.359 e. The van der Waals surface area contributed by atoms with Gasteiger partial charge in [0.15, 0.2) is 12.4 Å². The first-order chi connectivity index (χ1) is 10.2. The lowest BCUT2D eigenvalue weighted by Crippen LogP contribution is -2.34. The zero-order valence-corrected chi connectivity index (χ0v) is 14.2. The first kappa shape index (κ1) is 17.5. The van der Waals surface area contributed by atoms with E-state index in [2.05, 4.69) is 67.0 Å². The molecule has 3 heteroatoms. The molecule has 0 aromatic carbocycles. The quantitative estimate of drug-likeness (QED) is 0.585. The summed E-state index contributed by atoms with van der Waals surface area (Å²) < 4.78 is 2.12. The van der Waals surface area contributed by atoms with E-state index in [0.717, 1.165) is 6.54 Å². The van der Waals surface area contributed by atoms with Crippen molar-refractivity contribution in [3.05, 3.63) is 43.0 Å². The molecule has 0 radical (unpaired) electrons. The van der Waals surface area contributed by atoms with Gasteiger partial charge in [-0.15, -0.1) is 0 Å². The zero-order valence-electron chi connectivity index (χ0n) is 14.2. The fourth-order valence-electron chi connectivity index (χ4n) is 2.30. The Hall–Kier alpha value is -1.51. The lowest BCUT2D eigenvalue weighted by Gasteiger charge is -2.26. The summed E-state index contributed by atoms with van der Waals surface area (Å²) in [6.45, 7) is 8.90. The molecule has 1 aliphatic rings. The first-order valence-electron chi connectivity index (χ1n) is 8.29. The van der Waals surface area contributed by atoms with Gasteiger partial charge in [-0.1, -0.05) is 32.3 Å². The van der Waals surface area contributed by atoms with Gasteiger partial charge in [0.2, 0.25) is 0 Å². The molecule has 0 N–H and O–H groups in total. The van der Waals surface area contributed by atoms with Crippen LogP contribution in [0, 0.1) is 0 Å².